The quantitative estimate of drug-likeness (QED) is 0.406. The molecule has 1 aromatic carbocycles. The van der Waals surface area contributed by atoms with E-state index < -0.39 is 0 Å². The summed E-state index contributed by atoms with van der Waals surface area (Å²) in [5, 5.41) is 1.59. The number of benzene rings is 1. The van der Waals surface area contributed by atoms with Crippen molar-refractivity contribution in [3.8, 4) is 5.69 Å². The molecule has 1 fully saturated rings. The first kappa shape index (κ1) is 21.2. The molecule has 7 heteroatoms. The van der Waals surface area contributed by atoms with Gasteiger partial charge in [-0.2, -0.15) is 0 Å². The van der Waals surface area contributed by atoms with E-state index in [1.54, 1.807) is 23.1 Å². The van der Waals surface area contributed by atoms with Crippen molar-refractivity contribution in [3.63, 3.8) is 0 Å². The maximum Gasteiger partial charge on any atom is 0.267 e. The Balaban J connectivity index is 1.66. The van der Waals surface area contributed by atoms with Crippen LogP contribution in [0.1, 0.15) is 41.3 Å². The van der Waals surface area contributed by atoms with Crippen LogP contribution in [-0.2, 0) is 22.3 Å². The zero-order chi connectivity index (χ0) is 21.5. The lowest BCUT2D eigenvalue weighted by Gasteiger charge is -2.23. The van der Waals surface area contributed by atoms with E-state index in [1.807, 2.05) is 4.57 Å². The average molecular weight is 457 g/mol. The van der Waals surface area contributed by atoms with Gasteiger partial charge in [0.15, 0.2) is 5.16 Å². The van der Waals surface area contributed by atoms with Gasteiger partial charge in [0.25, 0.3) is 5.56 Å². The number of aromatic nitrogens is 2. The van der Waals surface area contributed by atoms with Gasteiger partial charge in [0.1, 0.15) is 11.6 Å². The summed E-state index contributed by atoms with van der Waals surface area (Å²) in [5.74, 6) is 1.43. The molecule has 5 rings (SSSR count). The summed E-state index contributed by atoms with van der Waals surface area (Å²) in [4.78, 5) is 21.2. The number of aryl methyl sites for hydroxylation is 3. The highest BCUT2D eigenvalue weighted by molar-refractivity contribution is 7.99. The summed E-state index contributed by atoms with van der Waals surface area (Å²) in [6, 6.07) is 6.27. The predicted molar refractivity (Wildman–Crippen MR) is 127 cm³/mol. The molecule has 0 radical (unpaired) electrons. The number of thioether (sulfide) groups is 1. The molecule has 5 nitrogen and oxygen atoms in total. The second-order valence-corrected chi connectivity index (χ2v) is 10.8. The Kier molecular flexibility index (Phi) is 5.94. The molecule has 31 heavy (non-hydrogen) atoms. The van der Waals surface area contributed by atoms with Gasteiger partial charge in [-0.15, -0.1) is 11.3 Å². The molecule has 2 aromatic heterocycles. The summed E-state index contributed by atoms with van der Waals surface area (Å²) < 4.78 is 12.9. The van der Waals surface area contributed by atoms with Crippen LogP contribution in [0.25, 0.3) is 15.9 Å². The van der Waals surface area contributed by atoms with Crippen LogP contribution in [0.3, 0.4) is 0 Å². The van der Waals surface area contributed by atoms with E-state index >= 15 is 0 Å². The Morgan fingerprint density at radius 3 is 2.97 bits per heavy atom. The van der Waals surface area contributed by atoms with Crippen LogP contribution in [0, 0.1) is 19.8 Å². The summed E-state index contributed by atoms with van der Waals surface area (Å²) in [6.07, 6.45) is 4.16. The molecule has 0 spiro atoms. The molecule has 1 saturated heterocycles. The topological polar surface area (TPSA) is 53.4 Å². The van der Waals surface area contributed by atoms with Crippen molar-refractivity contribution in [2.75, 3.05) is 19.2 Å². The van der Waals surface area contributed by atoms with Gasteiger partial charge < -0.3 is 9.47 Å². The molecular weight excluding hydrogens is 428 g/mol. The highest BCUT2D eigenvalue weighted by Gasteiger charge is 2.26. The molecule has 0 unspecified atom stereocenters. The second-order valence-electron chi connectivity index (χ2n) is 8.77. The molecule has 3 aromatic rings. The number of hydrogen-bond acceptors (Lipinski definition) is 6. The van der Waals surface area contributed by atoms with E-state index in [1.165, 1.54) is 10.4 Å². The summed E-state index contributed by atoms with van der Waals surface area (Å²) >= 11 is 3.33. The van der Waals surface area contributed by atoms with E-state index in [2.05, 4.69) is 39.0 Å². The van der Waals surface area contributed by atoms with E-state index in [0.29, 0.717) is 12.7 Å². The lowest BCUT2D eigenvalue weighted by molar-refractivity contribution is -0.130. The van der Waals surface area contributed by atoms with Crippen LogP contribution in [-0.4, -0.2) is 34.8 Å². The highest BCUT2D eigenvalue weighted by Crippen LogP contribution is 2.37. The molecular formula is C24H28N2O3S2. The molecule has 164 valence electrons. The number of nitrogens with zero attached hydrogens (tertiary/aromatic N) is 2. The largest absolute Gasteiger partial charge is 0.355 e. The van der Waals surface area contributed by atoms with Gasteiger partial charge in [-0.3, -0.25) is 9.36 Å². The van der Waals surface area contributed by atoms with Crippen molar-refractivity contribution in [2.24, 2.45) is 5.92 Å². The van der Waals surface area contributed by atoms with Crippen molar-refractivity contribution in [1.29, 1.82) is 0 Å². The molecule has 0 saturated carbocycles. The van der Waals surface area contributed by atoms with Gasteiger partial charge in [0.2, 0.25) is 0 Å². The van der Waals surface area contributed by atoms with Crippen LogP contribution in [0.4, 0.5) is 0 Å². The van der Waals surface area contributed by atoms with E-state index in [9.17, 15) is 4.79 Å². The van der Waals surface area contributed by atoms with Crippen molar-refractivity contribution in [3.05, 3.63) is 50.1 Å². The Morgan fingerprint density at radius 1 is 1.29 bits per heavy atom. The minimum atomic E-state index is 0.0705. The van der Waals surface area contributed by atoms with Crippen LogP contribution in [0.15, 0.2) is 28.2 Å². The molecule has 2 aliphatic rings. The molecule has 0 bridgehead atoms. The van der Waals surface area contributed by atoms with Crippen molar-refractivity contribution >= 4 is 33.3 Å². The van der Waals surface area contributed by atoms with Crippen LogP contribution in [0.2, 0.25) is 0 Å². The fraction of sp³-hybridized carbons (Fsp3) is 0.500. The lowest BCUT2D eigenvalue weighted by atomic mass is 9.89. The van der Waals surface area contributed by atoms with Gasteiger partial charge >= 0.3 is 0 Å². The Morgan fingerprint density at radius 2 is 2.16 bits per heavy atom. The maximum absolute atomic E-state index is 13.9. The molecule has 1 aliphatic carbocycles. The first-order chi connectivity index (χ1) is 15.0. The predicted octanol–water partition coefficient (Wildman–Crippen LogP) is 5.04. The Bertz CT molecular complexity index is 1180. The lowest BCUT2D eigenvalue weighted by Crippen LogP contribution is -2.27. The van der Waals surface area contributed by atoms with Crippen LogP contribution in [0.5, 0.6) is 0 Å². The standard InChI is InChI=1S/C24H28N2O3S2/c1-14-4-6-16(3)19(10-14)26-23(27)21-18-7-5-15(2)11-20(18)31-22(21)25-24(26)30-12-17-8-9-28-13-29-17/h4,6,10,15,17H,5,7-9,11-13H2,1-3H3/t15-,17-/m1/s1. The smallest absolute Gasteiger partial charge is 0.267 e. The van der Waals surface area contributed by atoms with Gasteiger partial charge in [-0.25, -0.2) is 4.98 Å². The fourth-order valence-corrected chi connectivity index (χ4v) is 6.94. The van der Waals surface area contributed by atoms with Crippen LogP contribution >= 0.6 is 23.1 Å². The zero-order valence-corrected chi connectivity index (χ0v) is 19.9. The van der Waals surface area contributed by atoms with Crippen LogP contribution < -0.4 is 5.56 Å². The molecule has 0 N–H and O–H groups in total. The second kappa shape index (κ2) is 8.70. The third kappa shape index (κ3) is 4.09. The van der Waals surface area contributed by atoms with Gasteiger partial charge in [0, 0.05) is 10.6 Å². The average Bonchev–Trinajstić information content (AvgIpc) is 3.12. The number of fused-ring (bicyclic) bond motifs is 3. The number of thiophene rings is 1. The first-order valence-electron chi connectivity index (χ1n) is 11.0. The number of hydrogen-bond donors (Lipinski definition) is 0. The molecule has 1 aliphatic heterocycles. The third-order valence-corrected chi connectivity index (χ3v) is 8.49. The Hall–Kier alpha value is -1.67. The van der Waals surface area contributed by atoms with E-state index in [0.717, 1.165) is 70.2 Å². The van der Waals surface area contributed by atoms with Gasteiger partial charge in [-0.1, -0.05) is 30.8 Å². The van der Waals surface area contributed by atoms with Gasteiger partial charge in [0.05, 0.1) is 23.8 Å². The number of rotatable bonds is 4. The minimum absolute atomic E-state index is 0.0705. The summed E-state index contributed by atoms with van der Waals surface area (Å²) in [6.45, 7) is 7.49. The van der Waals surface area contributed by atoms with Gasteiger partial charge in [-0.05, 0) is 68.2 Å². The van der Waals surface area contributed by atoms with Crippen molar-refractivity contribution in [1.82, 2.24) is 9.55 Å². The highest BCUT2D eigenvalue weighted by atomic mass is 32.2. The maximum atomic E-state index is 13.9. The summed E-state index contributed by atoms with van der Waals surface area (Å²) in [7, 11) is 0. The molecule has 2 atom stereocenters. The van der Waals surface area contributed by atoms with E-state index in [-0.39, 0.29) is 11.7 Å². The van der Waals surface area contributed by atoms with Crippen molar-refractivity contribution in [2.45, 2.75) is 57.7 Å². The van der Waals surface area contributed by atoms with Crippen molar-refractivity contribution < 1.29 is 9.47 Å². The SMILES string of the molecule is Cc1ccc(C)c(-n2c(SC[C@H]3CCOCO3)nc3sc4c(c3c2=O)CC[C@@H](C)C4)c1. The number of ether oxygens (including phenoxy) is 2. The molecule has 0 amide bonds. The summed E-state index contributed by atoms with van der Waals surface area (Å²) in [5.41, 5.74) is 4.45. The third-order valence-electron chi connectivity index (χ3n) is 6.27. The Labute approximate surface area is 190 Å². The normalized spacial score (nSPS) is 21.4. The zero-order valence-electron chi connectivity index (χ0n) is 18.3. The van der Waals surface area contributed by atoms with E-state index in [4.69, 9.17) is 14.5 Å². The monoisotopic (exact) mass is 456 g/mol. The molecule has 3 heterocycles. The fourth-order valence-electron chi connectivity index (χ4n) is 4.44. The minimum Gasteiger partial charge on any atom is -0.355 e. The first-order valence-corrected chi connectivity index (χ1v) is 12.8.